The first kappa shape index (κ1) is 12.8. The van der Waals surface area contributed by atoms with Crippen molar-refractivity contribution in [1.82, 2.24) is 5.32 Å². The van der Waals surface area contributed by atoms with Gasteiger partial charge in [-0.15, -0.1) is 0 Å². The molecule has 1 N–H and O–H groups in total. The lowest BCUT2D eigenvalue weighted by Gasteiger charge is -2.24. The van der Waals surface area contributed by atoms with Gasteiger partial charge in [0.2, 0.25) is 0 Å². The van der Waals surface area contributed by atoms with E-state index in [0.717, 1.165) is 11.0 Å². The molecule has 1 aliphatic carbocycles. The summed E-state index contributed by atoms with van der Waals surface area (Å²) in [4.78, 5) is 0. The molecule has 0 amide bonds. The number of likely N-dealkylation sites (N-methyl/N-ethyl adjacent to an activating group) is 1. The Morgan fingerprint density at radius 3 is 2.59 bits per heavy atom. The van der Waals surface area contributed by atoms with E-state index >= 15 is 0 Å². The third kappa shape index (κ3) is 3.43. The maximum absolute atomic E-state index is 3.60. The van der Waals surface area contributed by atoms with Gasteiger partial charge in [0.1, 0.15) is 0 Å². The number of benzene rings is 1. The Morgan fingerprint density at radius 2 is 2.00 bits per heavy atom. The summed E-state index contributed by atoms with van der Waals surface area (Å²) < 4.78 is 1.15. The molecule has 0 fully saturated rings. The van der Waals surface area contributed by atoms with E-state index in [0.29, 0.717) is 6.04 Å². The molecule has 1 aliphatic rings. The third-order valence-corrected chi connectivity index (χ3v) is 3.84. The number of nitrogens with one attached hydrogen (secondary N) is 1. The van der Waals surface area contributed by atoms with Crippen molar-refractivity contribution >= 4 is 15.9 Å². The molecule has 92 valence electrons. The van der Waals surface area contributed by atoms with Gasteiger partial charge >= 0.3 is 0 Å². The van der Waals surface area contributed by atoms with Crippen molar-refractivity contribution in [2.45, 2.75) is 38.6 Å². The fourth-order valence-electron chi connectivity index (χ4n) is 2.45. The van der Waals surface area contributed by atoms with Crippen LogP contribution in [0.5, 0.6) is 0 Å². The SMILES string of the molecule is CCNC(C1=CCCCC1)c1ccc(Br)cc1. The van der Waals surface area contributed by atoms with Crippen molar-refractivity contribution in [1.29, 1.82) is 0 Å². The van der Waals surface area contributed by atoms with Gasteiger partial charge in [0.25, 0.3) is 0 Å². The molecule has 0 bridgehead atoms. The Morgan fingerprint density at radius 1 is 1.24 bits per heavy atom. The molecule has 1 aromatic carbocycles. The predicted octanol–water partition coefficient (Wildman–Crippen LogP) is 4.60. The fraction of sp³-hybridized carbons (Fsp3) is 0.467. The lowest BCUT2D eigenvalue weighted by atomic mass is 9.90. The van der Waals surface area contributed by atoms with Crippen LogP contribution in [0.25, 0.3) is 0 Å². The Hall–Kier alpha value is -0.600. The zero-order valence-electron chi connectivity index (χ0n) is 10.4. The van der Waals surface area contributed by atoms with Crippen LogP contribution in [0, 0.1) is 0 Å². The molecule has 0 aromatic heterocycles. The van der Waals surface area contributed by atoms with Crippen LogP contribution in [0.3, 0.4) is 0 Å². The van der Waals surface area contributed by atoms with Crippen LogP contribution in [0.2, 0.25) is 0 Å². The topological polar surface area (TPSA) is 12.0 Å². The second kappa shape index (κ2) is 6.36. The van der Waals surface area contributed by atoms with Crippen molar-refractivity contribution in [2.24, 2.45) is 0 Å². The molecule has 0 aliphatic heterocycles. The number of halogens is 1. The van der Waals surface area contributed by atoms with Crippen molar-refractivity contribution in [3.05, 3.63) is 46.0 Å². The molecule has 0 radical (unpaired) electrons. The van der Waals surface area contributed by atoms with E-state index in [4.69, 9.17) is 0 Å². The highest BCUT2D eigenvalue weighted by Gasteiger charge is 2.16. The Bertz CT molecular complexity index is 380. The normalized spacial score (nSPS) is 17.6. The fourth-order valence-corrected chi connectivity index (χ4v) is 2.71. The van der Waals surface area contributed by atoms with Crippen LogP contribution in [0.4, 0.5) is 0 Å². The highest BCUT2D eigenvalue weighted by atomic mass is 79.9. The Kier molecular flexibility index (Phi) is 4.81. The lowest BCUT2D eigenvalue weighted by molar-refractivity contribution is 0.564. The maximum atomic E-state index is 3.60. The molecule has 0 saturated heterocycles. The smallest absolute Gasteiger partial charge is 0.0535 e. The van der Waals surface area contributed by atoms with E-state index in [9.17, 15) is 0 Å². The maximum Gasteiger partial charge on any atom is 0.0535 e. The van der Waals surface area contributed by atoms with Crippen molar-refractivity contribution in [3.63, 3.8) is 0 Å². The minimum Gasteiger partial charge on any atom is -0.307 e. The van der Waals surface area contributed by atoms with Gasteiger partial charge in [0.15, 0.2) is 0 Å². The molecule has 1 atom stereocenters. The molecule has 2 heteroatoms. The molecule has 1 unspecified atom stereocenters. The van der Waals surface area contributed by atoms with Gasteiger partial charge in [-0.25, -0.2) is 0 Å². The summed E-state index contributed by atoms with van der Waals surface area (Å²) in [5, 5.41) is 3.60. The van der Waals surface area contributed by atoms with Gasteiger partial charge < -0.3 is 5.32 Å². The van der Waals surface area contributed by atoms with Crippen LogP contribution in [0.1, 0.15) is 44.2 Å². The summed E-state index contributed by atoms with van der Waals surface area (Å²) >= 11 is 3.49. The second-order valence-electron chi connectivity index (χ2n) is 4.57. The molecule has 0 spiro atoms. The number of hydrogen-bond acceptors (Lipinski definition) is 1. The van der Waals surface area contributed by atoms with E-state index in [2.05, 4.69) is 58.5 Å². The van der Waals surface area contributed by atoms with Gasteiger partial charge in [-0.05, 0) is 49.9 Å². The highest BCUT2D eigenvalue weighted by molar-refractivity contribution is 9.10. The van der Waals surface area contributed by atoms with Gasteiger partial charge in [-0.3, -0.25) is 0 Å². The molecule has 17 heavy (non-hydrogen) atoms. The number of allylic oxidation sites excluding steroid dienone is 1. The first-order chi connectivity index (χ1) is 8.31. The van der Waals surface area contributed by atoms with Gasteiger partial charge in [0, 0.05) is 4.47 Å². The highest BCUT2D eigenvalue weighted by Crippen LogP contribution is 2.30. The van der Waals surface area contributed by atoms with Gasteiger partial charge in [0.05, 0.1) is 6.04 Å². The number of rotatable bonds is 4. The first-order valence-electron chi connectivity index (χ1n) is 6.49. The van der Waals surface area contributed by atoms with E-state index in [1.54, 1.807) is 5.57 Å². The zero-order valence-corrected chi connectivity index (χ0v) is 12.0. The zero-order chi connectivity index (χ0) is 12.1. The minimum absolute atomic E-state index is 0.411. The van der Waals surface area contributed by atoms with E-state index in [-0.39, 0.29) is 0 Å². The summed E-state index contributed by atoms with van der Waals surface area (Å²) in [5.41, 5.74) is 2.95. The third-order valence-electron chi connectivity index (χ3n) is 3.31. The quantitative estimate of drug-likeness (QED) is 0.800. The number of hydrogen-bond donors (Lipinski definition) is 1. The van der Waals surface area contributed by atoms with E-state index in [1.807, 2.05) is 0 Å². The summed E-state index contributed by atoms with van der Waals surface area (Å²) in [6.45, 7) is 3.19. The van der Waals surface area contributed by atoms with Crippen LogP contribution >= 0.6 is 15.9 Å². The van der Waals surface area contributed by atoms with E-state index < -0.39 is 0 Å². The molecule has 2 rings (SSSR count). The van der Waals surface area contributed by atoms with Crippen molar-refractivity contribution < 1.29 is 0 Å². The van der Waals surface area contributed by atoms with E-state index in [1.165, 1.54) is 31.2 Å². The molecule has 0 saturated carbocycles. The standard InChI is InChI=1S/C15H20BrN/c1-2-17-15(12-6-4-3-5-7-12)13-8-10-14(16)11-9-13/h6,8-11,15,17H,2-5,7H2,1H3. The lowest BCUT2D eigenvalue weighted by Crippen LogP contribution is -2.23. The average molecular weight is 294 g/mol. The molecule has 1 aromatic rings. The largest absolute Gasteiger partial charge is 0.307 e. The van der Waals surface area contributed by atoms with Crippen molar-refractivity contribution in [3.8, 4) is 0 Å². The Labute approximate surface area is 112 Å². The molecule has 0 heterocycles. The summed E-state index contributed by atoms with van der Waals surface area (Å²) in [7, 11) is 0. The molecule has 1 nitrogen and oxygen atoms in total. The average Bonchev–Trinajstić information content (AvgIpc) is 2.38. The van der Waals surface area contributed by atoms with Crippen LogP contribution < -0.4 is 5.32 Å². The second-order valence-corrected chi connectivity index (χ2v) is 5.48. The van der Waals surface area contributed by atoms with Crippen LogP contribution in [-0.2, 0) is 0 Å². The minimum atomic E-state index is 0.411. The van der Waals surface area contributed by atoms with Crippen LogP contribution in [0.15, 0.2) is 40.4 Å². The Balaban J connectivity index is 2.21. The van der Waals surface area contributed by atoms with Gasteiger partial charge in [-0.1, -0.05) is 46.6 Å². The summed E-state index contributed by atoms with van der Waals surface area (Å²) in [5.74, 6) is 0. The first-order valence-corrected chi connectivity index (χ1v) is 7.28. The van der Waals surface area contributed by atoms with Crippen LogP contribution in [-0.4, -0.2) is 6.54 Å². The molecular weight excluding hydrogens is 274 g/mol. The molecular formula is C15H20BrN. The van der Waals surface area contributed by atoms with Gasteiger partial charge in [-0.2, -0.15) is 0 Å². The predicted molar refractivity (Wildman–Crippen MR) is 77.1 cm³/mol. The summed E-state index contributed by atoms with van der Waals surface area (Å²) in [6.07, 6.45) is 7.60. The monoisotopic (exact) mass is 293 g/mol. The van der Waals surface area contributed by atoms with Crippen molar-refractivity contribution in [2.75, 3.05) is 6.54 Å². The summed E-state index contributed by atoms with van der Waals surface area (Å²) in [6, 6.07) is 9.10.